The van der Waals surface area contributed by atoms with Crippen molar-refractivity contribution < 1.29 is 23.9 Å². The number of ether oxygens (including phenoxy) is 2. The van der Waals surface area contributed by atoms with Crippen LogP contribution < -0.4 is 0 Å². The Bertz CT molecular complexity index is 226. The molecule has 80 valence electrons. The van der Waals surface area contributed by atoms with E-state index in [1.54, 1.807) is 0 Å². The normalized spacial score (nSPS) is 14.4. The highest BCUT2D eigenvalue weighted by Gasteiger charge is 2.30. The molecule has 0 aromatic rings. The summed E-state index contributed by atoms with van der Waals surface area (Å²) in [6.45, 7) is 0.363. The maximum atomic E-state index is 11.1. The predicted molar refractivity (Wildman–Crippen MR) is 45.3 cm³/mol. The first-order valence-electron chi connectivity index (χ1n) is 4.28. The number of hydrogen-bond donors (Lipinski definition) is 0. The molecule has 14 heavy (non-hydrogen) atoms. The molecule has 0 atom stereocenters. The summed E-state index contributed by atoms with van der Waals surface area (Å²) in [7, 11) is 2.40. The molecule has 1 fully saturated rings. The molecule has 0 aromatic heterocycles. The second-order valence-corrected chi connectivity index (χ2v) is 3.02. The van der Waals surface area contributed by atoms with Gasteiger partial charge in [0.1, 0.15) is 0 Å². The van der Waals surface area contributed by atoms with Crippen LogP contribution >= 0.6 is 0 Å². The summed E-state index contributed by atoms with van der Waals surface area (Å²) in [5.41, 5.74) is 0. The van der Waals surface area contributed by atoms with Crippen molar-refractivity contribution in [2.45, 2.75) is 12.8 Å². The van der Waals surface area contributed by atoms with Crippen LogP contribution in [-0.2, 0) is 14.3 Å². The highest BCUT2D eigenvalue weighted by molar-refractivity contribution is 5.69. The summed E-state index contributed by atoms with van der Waals surface area (Å²) in [4.78, 5) is 26.4. The summed E-state index contributed by atoms with van der Waals surface area (Å²) in [6, 6.07) is 0. The highest BCUT2D eigenvalue weighted by Crippen LogP contribution is 2.29. The monoisotopic (exact) mass is 203 g/mol. The minimum absolute atomic E-state index is 0.363. The van der Waals surface area contributed by atoms with Crippen molar-refractivity contribution in [3.8, 4) is 0 Å². The van der Waals surface area contributed by atoms with Gasteiger partial charge in [-0.05, 0) is 18.8 Å². The van der Waals surface area contributed by atoms with Crippen LogP contribution in [0.4, 0.5) is 9.59 Å². The Labute approximate surface area is 81.7 Å². The zero-order valence-electron chi connectivity index (χ0n) is 8.19. The average Bonchev–Trinajstić information content (AvgIpc) is 2.99. The second kappa shape index (κ2) is 4.69. The van der Waals surface area contributed by atoms with Crippen LogP contribution in [0.25, 0.3) is 0 Å². The Hall–Kier alpha value is -1.46. The van der Waals surface area contributed by atoms with Gasteiger partial charge in [0.2, 0.25) is 0 Å². The van der Waals surface area contributed by atoms with Gasteiger partial charge in [-0.25, -0.2) is 9.59 Å². The van der Waals surface area contributed by atoms with E-state index in [1.165, 1.54) is 14.2 Å². The van der Waals surface area contributed by atoms with Crippen molar-refractivity contribution in [2.75, 3.05) is 20.8 Å². The zero-order chi connectivity index (χ0) is 10.6. The van der Waals surface area contributed by atoms with Crippen LogP contribution in [0.3, 0.4) is 0 Å². The minimum atomic E-state index is -0.920. The van der Waals surface area contributed by atoms with Gasteiger partial charge in [-0.15, -0.1) is 5.06 Å². The van der Waals surface area contributed by atoms with Crippen molar-refractivity contribution in [3.63, 3.8) is 0 Å². The van der Waals surface area contributed by atoms with E-state index in [0.29, 0.717) is 12.5 Å². The maximum Gasteiger partial charge on any atom is 0.533 e. The summed E-state index contributed by atoms with van der Waals surface area (Å²) in [6.07, 6.45) is 0.467. The molecule has 6 heteroatoms. The molecule has 0 heterocycles. The number of methoxy groups -OCH3 is 2. The molecule has 0 N–H and O–H groups in total. The van der Waals surface area contributed by atoms with Crippen molar-refractivity contribution in [2.24, 2.45) is 5.92 Å². The SMILES string of the molecule is COC(=O)ON(CC1CC1)C(=O)OC. The first-order chi connectivity index (χ1) is 6.67. The van der Waals surface area contributed by atoms with Gasteiger partial charge in [0.25, 0.3) is 0 Å². The Morgan fingerprint density at radius 2 is 1.93 bits per heavy atom. The molecule has 1 rings (SSSR count). The van der Waals surface area contributed by atoms with Crippen LogP contribution in [0.1, 0.15) is 12.8 Å². The summed E-state index contributed by atoms with van der Waals surface area (Å²) in [5.74, 6) is 0.402. The molecule has 1 saturated carbocycles. The molecule has 6 nitrogen and oxygen atoms in total. The van der Waals surface area contributed by atoms with E-state index in [-0.39, 0.29) is 0 Å². The molecule has 0 spiro atoms. The molecular formula is C8H13NO5. The minimum Gasteiger partial charge on any atom is -0.451 e. The smallest absolute Gasteiger partial charge is 0.451 e. The number of nitrogens with zero attached hydrogens (tertiary/aromatic N) is 1. The quantitative estimate of drug-likeness (QED) is 0.497. The van der Waals surface area contributed by atoms with E-state index in [0.717, 1.165) is 17.9 Å². The molecule has 0 bridgehead atoms. The highest BCUT2D eigenvalue weighted by atomic mass is 16.8. The molecule has 1 amide bonds. The number of carbonyl (C=O) groups is 2. The third-order valence-corrected chi connectivity index (χ3v) is 1.85. The lowest BCUT2D eigenvalue weighted by molar-refractivity contribution is -0.106. The van der Waals surface area contributed by atoms with E-state index in [4.69, 9.17) is 0 Å². The number of carbonyl (C=O) groups excluding carboxylic acids is 2. The fourth-order valence-corrected chi connectivity index (χ4v) is 0.913. The molecular weight excluding hydrogens is 190 g/mol. The van der Waals surface area contributed by atoms with Crippen LogP contribution in [0, 0.1) is 5.92 Å². The van der Waals surface area contributed by atoms with Gasteiger partial charge >= 0.3 is 12.2 Å². The predicted octanol–water partition coefficient (Wildman–Crippen LogP) is 1.16. The van der Waals surface area contributed by atoms with Crippen molar-refractivity contribution in [1.29, 1.82) is 0 Å². The standard InChI is InChI=1S/C8H13NO5/c1-12-7(10)9(5-6-3-4-6)14-8(11)13-2/h6H,3-5H2,1-2H3. The molecule has 0 aliphatic heterocycles. The van der Waals surface area contributed by atoms with Gasteiger partial charge in [0.15, 0.2) is 0 Å². The molecule has 1 aliphatic rings. The summed E-state index contributed by atoms with van der Waals surface area (Å²) >= 11 is 0. The van der Waals surface area contributed by atoms with Gasteiger partial charge < -0.3 is 14.3 Å². The Morgan fingerprint density at radius 3 is 2.36 bits per heavy atom. The number of amides is 1. The number of hydrogen-bond acceptors (Lipinski definition) is 5. The van der Waals surface area contributed by atoms with Gasteiger partial charge in [0, 0.05) is 0 Å². The molecule has 0 radical (unpaired) electrons. The van der Waals surface area contributed by atoms with Gasteiger partial charge in [-0.1, -0.05) is 0 Å². The fourth-order valence-electron chi connectivity index (χ4n) is 0.913. The van der Waals surface area contributed by atoms with Crippen LogP contribution in [0.5, 0.6) is 0 Å². The Kier molecular flexibility index (Phi) is 3.55. The third-order valence-electron chi connectivity index (χ3n) is 1.85. The first kappa shape index (κ1) is 10.6. The summed E-state index contributed by atoms with van der Waals surface area (Å²) in [5, 5.41) is 0.878. The molecule has 0 aromatic carbocycles. The molecule has 0 saturated heterocycles. The van der Waals surface area contributed by atoms with Crippen molar-refractivity contribution in [3.05, 3.63) is 0 Å². The van der Waals surface area contributed by atoms with Gasteiger partial charge in [-0.2, -0.15) is 0 Å². The van der Waals surface area contributed by atoms with Gasteiger partial charge in [-0.3, -0.25) is 0 Å². The second-order valence-electron chi connectivity index (χ2n) is 3.02. The van der Waals surface area contributed by atoms with Crippen LogP contribution in [0.2, 0.25) is 0 Å². The topological polar surface area (TPSA) is 65.1 Å². The van der Waals surface area contributed by atoms with Gasteiger partial charge in [0.05, 0.1) is 20.8 Å². The third kappa shape index (κ3) is 3.12. The first-order valence-corrected chi connectivity index (χ1v) is 4.28. The lowest BCUT2D eigenvalue weighted by Gasteiger charge is -2.17. The Morgan fingerprint density at radius 1 is 1.29 bits per heavy atom. The lowest BCUT2D eigenvalue weighted by Crippen LogP contribution is -2.35. The van der Waals surface area contributed by atoms with Crippen molar-refractivity contribution >= 4 is 12.2 Å². The fraction of sp³-hybridized carbons (Fsp3) is 0.750. The molecule has 1 aliphatic carbocycles. The number of hydroxylamine groups is 2. The largest absolute Gasteiger partial charge is 0.533 e. The number of rotatable bonds is 2. The lowest BCUT2D eigenvalue weighted by atomic mass is 10.4. The Balaban J connectivity index is 2.42. The molecule has 0 unspecified atom stereocenters. The average molecular weight is 203 g/mol. The maximum absolute atomic E-state index is 11.1. The van der Waals surface area contributed by atoms with E-state index < -0.39 is 12.2 Å². The van der Waals surface area contributed by atoms with Crippen LogP contribution in [0.15, 0.2) is 0 Å². The van der Waals surface area contributed by atoms with Crippen LogP contribution in [-0.4, -0.2) is 38.1 Å². The van der Waals surface area contributed by atoms with E-state index >= 15 is 0 Å². The van der Waals surface area contributed by atoms with E-state index in [1.807, 2.05) is 0 Å². The summed E-state index contributed by atoms with van der Waals surface area (Å²) < 4.78 is 8.71. The zero-order valence-corrected chi connectivity index (χ0v) is 8.19. The van der Waals surface area contributed by atoms with Crippen molar-refractivity contribution in [1.82, 2.24) is 5.06 Å². The van der Waals surface area contributed by atoms with E-state index in [9.17, 15) is 9.59 Å². The van der Waals surface area contributed by atoms with E-state index in [2.05, 4.69) is 14.3 Å².